The molecule has 12 heteroatoms. The molecule has 4 N–H and O–H groups in total. The topological polar surface area (TPSA) is 95.6 Å². The van der Waals surface area contributed by atoms with E-state index in [0.29, 0.717) is 11.0 Å². The molecule has 0 aromatic carbocycles. The van der Waals surface area contributed by atoms with Gasteiger partial charge in [-0.05, 0) is 12.8 Å². The number of amides is 1. The molecule has 2 rings (SSSR count). The molecule has 0 saturated carbocycles. The highest BCUT2D eigenvalue weighted by Crippen LogP contribution is 2.29. The first-order chi connectivity index (χ1) is 11.8. The highest BCUT2D eigenvalue weighted by Gasteiger charge is 2.33. The number of guanidine groups is 1. The molecule has 0 spiro atoms. The van der Waals surface area contributed by atoms with E-state index in [4.69, 9.17) is 5.73 Å². The van der Waals surface area contributed by atoms with Crippen molar-refractivity contribution in [2.45, 2.75) is 31.6 Å². The highest BCUT2D eigenvalue weighted by molar-refractivity contribution is 14.0. The van der Waals surface area contributed by atoms with Crippen LogP contribution in [0.5, 0.6) is 0 Å². The molecule has 0 bridgehead atoms. The second-order valence-electron chi connectivity index (χ2n) is 5.71. The van der Waals surface area contributed by atoms with Crippen molar-refractivity contribution in [2.75, 3.05) is 26.7 Å². The molecule has 1 fully saturated rings. The number of carbonyl (C=O) groups excluding carboxylic acids is 1. The quantitative estimate of drug-likeness (QED) is 0.319. The minimum absolute atomic E-state index is 0. The molecule has 2 heterocycles. The molecular formula is C14H22F3IN6OS. The summed E-state index contributed by atoms with van der Waals surface area (Å²) in [5.41, 5.74) is 4.31. The Bertz CT molecular complexity index is 616. The zero-order chi connectivity index (χ0) is 18.4. The van der Waals surface area contributed by atoms with E-state index in [2.05, 4.69) is 20.6 Å². The second-order valence-corrected chi connectivity index (χ2v) is 6.65. The van der Waals surface area contributed by atoms with Crippen LogP contribution in [0.25, 0.3) is 0 Å². The lowest BCUT2D eigenvalue weighted by Crippen LogP contribution is -2.49. The van der Waals surface area contributed by atoms with Crippen molar-refractivity contribution in [1.82, 2.24) is 20.5 Å². The maximum Gasteiger partial charge on any atom is 0.434 e. The fourth-order valence-electron chi connectivity index (χ4n) is 2.53. The largest absolute Gasteiger partial charge is 0.434 e. The van der Waals surface area contributed by atoms with Gasteiger partial charge in [0.1, 0.15) is 5.01 Å². The number of alkyl halides is 3. The summed E-state index contributed by atoms with van der Waals surface area (Å²) in [6, 6.07) is 0.178. The second kappa shape index (κ2) is 10.3. The molecule has 0 atom stereocenters. The Labute approximate surface area is 170 Å². The minimum atomic E-state index is -4.42. The maximum absolute atomic E-state index is 12.5. The summed E-state index contributed by atoms with van der Waals surface area (Å²) in [6.07, 6.45) is -2.78. The zero-order valence-corrected chi connectivity index (χ0v) is 17.3. The van der Waals surface area contributed by atoms with Gasteiger partial charge in [0, 0.05) is 31.6 Å². The Balaban J connectivity index is 0.00000338. The van der Waals surface area contributed by atoms with Crippen molar-refractivity contribution in [2.24, 2.45) is 10.7 Å². The fraction of sp³-hybridized carbons (Fsp3) is 0.643. The summed E-state index contributed by atoms with van der Waals surface area (Å²) in [4.78, 5) is 20.6. The van der Waals surface area contributed by atoms with Gasteiger partial charge in [-0.1, -0.05) is 0 Å². The average Bonchev–Trinajstić information content (AvgIpc) is 3.02. The van der Waals surface area contributed by atoms with Crippen LogP contribution in [0, 0.1) is 0 Å². The molecule has 0 radical (unpaired) electrons. The number of piperidine rings is 1. The van der Waals surface area contributed by atoms with E-state index in [1.807, 2.05) is 4.90 Å². The van der Waals surface area contributed by atoms with E-state index >= 15 is 0 Å². The van der Waals surface area contributed by atoms with Gasteiger partial charge in [-0.3, -0.25) is 14.7 Å². The lowest BCUT2D eigenvalue weighted by atomic mass is 10.1. The number of rotatable bonds is 5. The summed E-state index contributed by atoms with van der Waals surface area (Å²) in [5.74, 6) is 0.169. The Morgan fingerprint density at radius 3 is 2.62 bits per heavy atom. The van der Waals surface area contributed by atoms with Gasteiger partial charge < -0.3 is 16.4 Å². The number of thiazole rings is 1. The average molecular weight is 506 g/mol. The molecule has 1 saturated heterocycles. The first-order valence-electron chi connectivity index (χ1n) is 7.77. The van der Waals surface area contributed by atoms with E-state index in [9.17, 15) is 18.0 Å². The van der Waals surface area contributed by atoms with Crippen LogP contribution in [0.1, 0.15) is 23.5 Å². The van der Waals surface area contributed by atoms with E-state index < -0.39 is 11.9 Å². The summed E-state index contributed by atoms with van der Waals surface area (Å²) in [7, 11) is 1.60. The Hall–Kier alpha value is -1.15. The Morgan fingerprint density at radius 1 is 1.46 bits per heavy atom. The van der Waals surface area contributed by atoms with Crippen molar-refractivity contribution < 1.29 is 18.0 Å². The number of nitrogens with zero attached hydrogens (tertiary/aromatic N) is 3. The Morgan fingerprint density at radius 2 is 2.12 bits per heavy atom. The van der Waals surface area contributed by atoms with E-state index in [1.54, 1.807) is 7.05 Å². The minimum Gasteiger partial charge on any atom is -0.369 e. The fourth-order valence-corrected chi connectivity index (χ4v) is 3.27. The zero-order valence-electron chi connectivity index (χ0n) is 14.2. The third-order valence-electron chi connectivity index (χ3n) is 3.78. The number of primary amides is 1. The maximum atomic E-state index is 12.5. The number of aliphatic imine (C=N–C) groups is 1. The number of aromatic nitrogens is 1. The molecule has 1 aliphatic heterocycles. The molecule has 1 amide bonds. The van der Waals surface area contributed by atoms with Gasteiger partial charge in [-0.15, -0.1) is 35.3 Å². The summed E-state index contributed by atoms with van der Waals surface area (Å²) in [5, 5.41) is 7.55. The molecule has 0 aliphatic carbocycles. The summed E-state index contributed by atoms with van der Waals surface area (Å²) >= 11 is 0.954. The van der Waals surface area contributed by atoms with Crippen LogP contribution in [0.15, 0.2) is 10.4 Å². The van der Waals surface area contributed by atoms with Gasteiger partial charge in [0.2, 0.25) is 5.91 Å². The van der Waals surface area contributed by atoms with Crippen LogP contribution in [-0.2, 0) is 17.5 Å². The van der Waals surface area contributed by atoms with Crippen LogP contribution in [0.4, 0.5) is 13.2 Å². The van der Waals surface area contributed by atoms with Crippen molar-refractivity contribution in [3.63, 3.8) is 0 Å². The lowest BCUT2D eigenvalue weighted by Gasteiger charge is -2.32. The number of nitrogens with two attached hydrogens (primary N) is 1. The van der Waals surface area contributed by atoms with Crippen molar-refractivity contribution in [3.8, 4) is 0 Å². The number of halogens is 4. The SMILES string of the molecule is CN=C(NCc1nc(C(F)(F)F)cs1)NC1CCN(CC(N)=O)CC1.I. The molecular weight excluding hydrogens is 484 g/mol. The van der Waals surface area contributed by atoms with Crippen molar-refractivity contribution in [1.29, 1.82) is 0 Å². The van der Waals surface area contributed by atoms with Gasteiger partial charge in [-0.25, -0.2) is 4.98 Å². The number of likely N-dealkylation sites (tertiary alicyclic amines) is 1. The number of nitrogens with one attached hydrogen (secondary N) is 2. The Kier molecular flexibility index (Phi) is 9.03. The number of carbonyl (C=O) groups is 1. The van der Waals surface area contributed by atoms with Gasteiger partial charge >= 0.3 is 6.18 Å². The molecule has 1 aromatic rings. The smallest absolute Gasteiger partial charge is 0.369 e. The number of hydrogen-bond acceptors (Lipinski definition) is 5. The summed E-state index contributed by atoms with van der Waals surface area (Å²) in [6.45, 7) is 1.92. The third kappa shape index (κ3) is 7.23. The molecule has 7 nitrogen and oxygen atoms in total. The van der Waals surface area contributed by atoms with Gasteiger partial charge in [0.25, 0.3) is 0 Å². The standard InChI is InChI=1S/C14H21F3N6OS.HI/c1-19-13(20-6-12-22-10(8-25-12)14(15,16)17)21-9-2-4-23(5-3-9)7-11(18)24;/h8-9H,2-7H2,1H3,(H2,18,24)(H2,19,20,21);1H. The van der Waals surface area contributed by atoms with Crippen LogP contribution >= 0.6 is 35.3 Å². The number of hydrogen-bond donors (Lipinski definition) is 3. The van der Waals surface area contributed by atoms with E-state index in [1.165, 1.54) is 0 Å². The first-order valence-corrected chi connectivity index (χ1v) is 8.65. The summed E-state index contributed by atoms with van der Waals surface area (Å²) < 4.78 is 37.6. The van der Waals surface area contributed by atoms with Crippen molar-refractivity contribution >= 4 is 47.2 Å². The monoisotopic (exact) mass is 506 g/mol. The molecule has 1 aliphatic rings. The molecule has 0 unspecified atom stereocenters. The first kappa shape index (κ1) is 22.9. The van der Waals surface area contributed by atoms with Crippen LogP contribution in [-0.4, -0.2) is 54.5 Å². The van der Waals surface area contributed by atoms with E-state index in [0.717, 1.165) is 42.6 Å². The third-order valence-corrected chi connectivity index (χ3v) is 4.63. The predicted molar refractivity (Wildman–Crippen MR) is 105 cm³/mol. The van der Waals surface area contributed by atoms with Crippen LogP contribution < -0.4 is 16.4 Å². The molecule has 1 aromatic heterocycles. The van der Waals surface area contributed by atoms with Gasteiger partial charge in [0.05, 0.1) is 13.1 Å². The van der Waals surface area contributed by atoms with Gasteiger partial charge in [0.15, 0.2) is 11.7 Å². The van der Waals surface area contributed by atoms with Crippen LogP contribution in [0.2, 0.25) is 0 Å². The van der Waals surface area contributed by atoms with Crippen molar-refractivity contribution in [3.05, 3.63) is 16.1 Å². The molecule has 148 valence electrons. The lowest BCUT2D eigenvalue weighted by molar-refractivity contribution is -0.140. The van der Waals surface area contributed by atoms with Gasteiger partial charge in [-0.2, -0.15) is 13.2 Å². The molecule has 26 heavy (non-hydrogen) atoms. The van der Waals surface area contributed by atoms with Crippen LogP contribution in [0.3, 0.4) is 0 Å². The van der Waals surface area contributed by atoms with E-state index in [-0.39, 0.29) is 49.0 Å². The highest BCUT2D eigenvalue weighted by atomic mass is 127. The normalized spacial score (nSPS) is 16.8. The predicted octanol–water partition coefficient (Wildman–Crippen LogP) is 1.39.